The van der Waals surface area contributed by atoms with Crippen molar-refractivity contribution in [1.29, 1.82) is 0 Å². The van der Waals surface area contributed by atoms with Crippen LogP contribution >= 0.6 is 0 Å². The number of nitro groups is 1. The molecule has 3 rings (SSSR count). The van der Waals surface area contributed by atoms with Crippen LogP contribution in [0.2, 0.25) is 0 Å². The third-order valence-electron chi connectivity index (χ3n) is 4.43. The number of oxazole rings is 1. The molecular weight excluding hydrogens is 286 g/mol. The van der Waals surface area contributed by atoms with Crippen LogP contribution in [0.1, 0.15) is 32.1 Å². The highest BCUT2D eigenvalue weighted by molar-refractivity contribution is 5.75. The Kier molecular flexibility index (Phi) is 3.98. The van der Waals surface area contributed by atoms with Crippen LogP contribution in [-0.2, 0) is 6.67 Å². The van der Waals surface area contributed by atoms with Gasteiger partial charge in [0.25, 0.3) is 5.69 Å². The summed E-state index contributed by atoms with van der Waals surface area (Å²) in [6, 6.07) is 4.75. The number of fused-ring (bicyclic) bond motifs is 1. The Labute approximate surface area is 127 Å². The molecule has 0 spiro atoms. The van der Waals surface area contributed by atoms with E-state index < -0.39 is 10.7 Å². The number of hydrogen-bond acceptors (Lipinski definition) is 5. The minimum atomic E-state index is -0.495. The van der Waals surface area contributed by atoms with E-state index in [0.29, 0.717) is 18.2 Å². The van der Waals surface area contributed by atoms with Gasteiger partial charge < -0.3 is 4.42 Å². The van der Waals surface area contributed by atoms with Crippen molar-refractivity contribution in [2.45, 2.75) is 44.8 Å². The maximum Gasteiger partial charge on any atom is 0.421 e. The molecule has 2 aromatic rings. The van der Waals surface area contributed by atoms with Gasteiger partial charge in [-0.2, -0.15) is 0 Å². The zero-order valence-corrected chi connectivity index (χ0v) is 12.5. The van der Waals surface area contributed by atoms with E-state index in [1.165, 1.54) is 36.0 Å². The number of nitrogens with zero attached hydrogens (tertiary/aromatic N) is 3. The first-order valence-corrected chi connectivity index (χ1v) is 7.54. The van der Waals surface area contributed by atoms with Crippen LogP contribution < -0.4 is 5.76 Å². The van der Waals surface area contributed by atoms with Crippen molar-refractivity contribution in [3.63, 3.8) is 0 Å². The standard InChI is InChI=1S/C15H19N3O4/c1-16(11-5-3-2-4-6-11)10-17-13-8-7-12(18(20)21)9-14(13)22-15(17)19/h7-9,11H,2-6,10H2,1H3. The van der Waals surface area contributed by atoms with E-state index in [2.05, 4.69) is 4.90 Å². The van der Waals surface area contributed by atoms with Crippen molar-refractivity contribution in [3.05, 3.63) is 38.9 Å². The lowest BCUT2D eigenvalue weighted by Gasteiger charge is -2.31. The second-order valence-corrected chi connectivity index (χ2v) is 5.90. The molecule has 1 fully saturated rings. The van der Waals surface area contributed by atoms with Gasteiger partial charge in [-0.05, 0) is 26.0 Å². The van der Waals surface area contributed by atoms with Gasteiger partial charge in [0, 0.05) is 12.1 Å². The zero-order valence-electron chi connectivity index (χ0n) is 12.5. The van der Waals surface area contributed by atoms with E-state index in [-0.39, 0.29) is 11.3 Å². The van der Waals surface area contributed by atoms with Crippen molar-refractivity contribution >= 4 is 16.8 Å². The zero-order chi connectivity index (χ0) is 15.7. The highest BCUT2D eigenvalue weighted by Gasteiger charge is 2.20. The average Bonchev–Trinajstić information content (AvgIpc) is 2.83. The largest absolute Gasteiger partial charge is 0.421 e. The number of hydrogen-bond donors (Lipinski definition) is 0. The minimum absolute atomic E-state index is 0.0750. The average molecular weight is 305 g/mol. The molecule has 0 atom stereocenters. The summed E-state index contributed by atoms with van der Waals surface area (Å²) in [5.41, 5.74) is 0.781. The molecule has 0 radical (unpaired) electrons. The van der Waals surface area contributed by atoms with Crippen molar-refractivity contribution < 1.29 is 9.34 Å². The SMILES string of the molecule is CN(Cn1c(=O)oc2cc([N+](=O)[O-])ccc21)C1CCCCC1. The summed E-state index contributed by atoms with van der Waals surface area (Å²) < 4.78 is 6.69. The van der Waals surface area contributed by atoms with Gasteiger partial charge in [-0.3, -0.25) is 19.6 Å². The Morgan fingerprint density at radius 2 is 2.09 bits per heavy atom. The van der Waals surface area contributed by atoms with Crippen LogP contribution in [0.3, 0.4) is 0 Å². The first-order chi connectivity index (χ1) is 10.6. The van der Waals surface area contributed by atoms with Gasteiger partial charge in [-0.25, -0.2) is 4.79 Å². The van der Waals surface area contributed by atoms with Crippen LogP contribution in [0.5, 0.6) is 0 Å². The van der Waals surface area contributed by atoms with Crippen LogP contribution in [-0.4, -0.2) is 27.5 Å². The van der Waals surface area contributed by atoms with E-state index in [0.717, 1.165) is 12.8 Å². The molecule has 1 aromatic carbocycles. The number of benzene rings is 1. The van der Waals surface area contributed by atoms with Gasteiger partial charge in [-0.15, -0.1) is 0 Å². The maximum absolute atomic E-state index is 12.0. The number of nitro benzene ring substituents is 1. The van der Waals surface area contributed by atoms with Gasteiger partial charge in [0.1, 0.15) is 0 Å². The van der Waals surface area contributed by atoms with E-state index in [1.807, 2.05) is 7.05 Å². The van der Waals surface area contributed by atoms with Crippen molar-refractivity contribution in [3.8, 4) is 0 Å². The molecule has 1 aliphatic rings. The van der Waals surface area contributed by atoms with Crippen LogP contribution in [0.4, 0.5) is 5.69 Å². The van der Waals surface area contributed by atoms with Crippen LogP contribution in [0.15, 0.2) is 27.4 Å². The fraction of sp³-hybridized carbons (Fsp3) is 0.533. The molecule has 1 saturated carbocycles. The lowest BCUT2D eigenvalue weighted by molar-refractivity contribution is -0.384. The van der Waals surface area contributed by atoms with Crippen LogP contribution in [0.25, 0.3) is 11.1 Å². The maximum atomic E-state index is 12.0. The molecule has 22 heavy (non-hydrogen) atoms. The van der Waals surface area contributed by atoms with Gasteiger partial charge in [0.2, 0.25) is 0 Å². The fourth-order valence-corrected chi connectivity index (χ4v) is 3.16. The fourth-order valence-electron chi connectivity index (χ4n) is 3.16. The molecule has 1 heterocycles. The predicted molar refractivity (Wildman–Crippen MR) is 81.8 cm³/mol. The van der Waals surface area contributed by atoms with Crippen LogP contribution in [0, 0.1) is 10.1 Å². The van der Waals surface area contributed by atoms with E-state index in [1.54, 1.807) is 6.07 Å². The van der Waals surface area contributed by atoms with Gasteiger partial charge in [0.05, 0.1) is 23.2 Å². The molecular formula is C15H19N3O4. The monoisotopic (exact) mass is 305 g/mol. The molecule has 7 nitrogen and oxygen atoms in total. The summed E-state index contributed by atoms with van der Waals surface area (Å²) in [7, 11) is 2.01. The Hall–Kier alpha value is -2.15. The van der Waals surface area contributed by atoms with Crippen molar-refractivity contribution in [1.82, 2.24) is 9.47 Å². The molecule has 0 bridgehead atoms. The molecule has 0 N–H and O–H groups in total. The smallest absolute Gasteiger partial charge is 0.407 e. The highest BCUT2D eigenvalue weighted by atomic mass is 16.6. The second-order valence-electron chi connectivity index (χ2n) is 5.90. The quantitative estimate of drug-likeness (QED) is 0.641. The highest BCUT2D eigenvalue weighted by Crippen LogP contribution is 2.23. The summed E-state index contributed by atoms with van der Waals surface area (Å²) in [6.07, 6.45) is 6.02. The third-order valence-corrected chi connectivity index (χ3v) is 4.43. The summed E-state index contributed by atoms with van der Waals surface area (Å²) in [5.74, 6) is -0.474. The summed E-state index contributed by atoms with van der Waals surface area (Å²) in [4.78, 5) is 24.5. The van der Waals surface area contributed by atoms with E-state index in [4.69, 9.17) is 4.42 Å². The normalized spacial score (nSPS) is 16.5. The third kappa shape index (κ3) is 2.76. The number of non-ortho nitro benzene ring substituents is 1. The lowest BCUT2D eigenvalue weighted by Crippen LogP contribution is -2.37. The minimum Gasteiger partial charge on any atom is -0.407 e. The Balaban J connectivity index is 1.88. The molecule has 1 aliphatic carbocycles. The second kappa shape index (κ2) is 5.92. The Bertz CT molecular complexity index is 743. The van der Waals surface area contributed by atoms with E-state index in [9.17, 15) is 14.9 Å². The molecule has 118 valence electrons. The van der Waals surface area contributed by atoms with Gasteiger partial charge in [-0.1, -0.05) is 19.3 Å². The predicted octanol–water partition coefficient (Wildman–Crippen LogP) is 2.72. The van der Waals surface area contributed by atoms with Crippen molar-refractivity contribution in [2.75, 3.05) is 7.05 Å². The van der Waals surface area contributed by atoms with E-state index >= 15 is 0 Å². The molecule has 0 unspecified atom stereocenters. The summed E-state index contributed by atoms with van der Waals surface area (Å²) in [6.45, 7) is 0.439. The van der Waals surface area contributed by atoms with Crippen molar-refractivity contribution in [2.24, 2.45) is 0 Å². The number of aromatic nitrogens is 1. The summed E-state index contributed by atoms with van der Waals surface area (Å²) >= 11 is 0. The molecule has 0 saturated heterocycles. The first kappa shape index (κ1) is 14.8. The first-order valence-electron chi connectivity index (χ1n) is 7.54. The lowest BCUT2D eigenvalue weighted by atomic mass is 9.95. The molecule has 1 aromatic heterocycles. The molecule has 0 aliphatic heterocycles. The number of rotatable bonds is 4. The van der Waals surface area contributed by atoms with Gasteiger partial charge >= 0.3 is 5.76 Å². The van der Waals surface area contributed by atoms with Gasteiger partial charge in [0.15, 0.2) is 5.58 Å². The Morgan fingerprint density at radius 1 is 1.36 bits per heavy atom. The topological polar surface area (TPSA) is 81.5 Å². The summed E-state index contributed by atoms with van der Waals surface area (Å²) in [5, 5.41) is 10.8. The molecule has 0 amide bonds. The Morgan fingerprint density at radius 3 is 2.77 bits per heavy atom. The molecule has 7 heteroatoms.